The smallest absolute Gasteiger partial charge is 0.275 e. The molecule has 2 N–H and O–H groups in total. The number of hydrogen-bond acceptors (Lipinski definition) is 5. The lowest BCUT2D eigenvalue weighted by molar-refractivity contribution is 0.102. The van der Waals surface area contributed by atoms with Gasteiger partial charge in [-0.1, -0.05) is 6.42 Å². The first kappa shape index (κ1) is 14.1. The van der Waals surface area contributed by atoms with Crippen molar-refractivity contribution in [2.45, 2.75) is 25.8 Å². The Balaban J connectivity index is 1.41. The minimum atomic E-state index is -0.223. The Labute approximate surface area is 136 Å². The fourth-order valence-corrected chi connectivity index (χ4v) is 3.32. The van der Waals surface area contributed by atoms with Crippen LogP contribution < -0.4 is 5.32 Å². The van der Waals surface area contributed by atoms with E-state index in [0.29, 0.717) is 11.4 Å². The van der Waals surface area contributed by atoms with Crippen LogP contribution in [0, 0.1) is 5.92 Å². The lowest BCUT2D eigenvalue weighted by atomic mass is 9.85. The molecule has 8 heteroatoms. The van der Waals surface area contributed by atoms with Crippen LogP contribution in [0.5, 0.6) is 0 Å². The summed E-state index contributed by atoms with van der Waals surface area (Å²) in [5, 5.41) is 16.3. The number of thiazole rings is 1. The van der Waals surface area contributed by atoms with Gasteiger partial charge in [0.25, 0.3) is 5.91 Å². The molecule has 7 nitrogen and oxygen atoms in total. The molecular formula is C15H16N6OS. The highest BCUT2D eigenvalue weighted by Gasteiger charge is 2.18. The van der Waals surface area contributed by atoms with E-state index in [0.717, 1.165) is 23.0 Å². The Hall–Kier alpha value is -2.48. The van der Waals surface area contributed by atoms with E-state index < -0.39 is 0 Å². The molecule has 0 aliphatic heterocycles. The summed E-state index contributed by atoms with van der Waals surface area (Å²) in [6.07, 6.45) is 10.9. The molecule has 4 rings (SSSR count). The van der Waals surface area contributed by atoms with Crippen LogP contribution in [0.2, 0.25) is 0 Å². The van der Waals surface area contributed by atoms with E-state index in [4.69, 9.17) is 0 Å². The number of H-pyrrole nitrogens is 1. The van der Waals surface area contributed by atoms with E-state index in [1.807, 2.05) is 10.9 Å². The number of rotatable bonds is 5. The number of anilines is 1. The van der Waals surface area contributed by atoms with Gasteiger partial charge in [0.1, 0.15) is 10.7 Å². The number of nitrogens with zero attached hydrogens (tertiary/aromatic N) is 4. The van der Waals surface area contributed by atoms with Crippen molar-refractivity contribution in [2.75, 3.05) is 5.32 Å². The van der Waals surface area contributed by atoms with Crippen molar-refractivity contribution >= 4 is 22.9 Å². The van der Waals surface area contributed by atoms with Crippen LogP contribution in [0.25, 0.3) is 10.6 Å². The second-order valence-electron chi connectivity index (χ2n) is 5.73. The molecule has 0 saturated heterocycles. The first-order chi connectivity index (χ1) is 11.3. The zero-order chi connectivity index (χ0) is 15.6. The SMILES string of the molecule is O=C(Nc1cnn(CC2CCC2)c1)c1csc(-c2cn[nH]c2)n1. The minimum absolute atomic E-state index is 0.223. The topological polar surface area (TPSA) is 88.5 Å². The van der Waals surface area contributed by atoms with Crippen LogP contribution in [0.4, 0.5) is 5.69 Å². The highest BCUT2D eigenvalue weighted by atomic mass is 32.1. The Morgan fingerprint density at radius 1 is 1.43 bits per heavy atom. The molecule has 1 amide bonds. The molecule has 0 radical (unpaired) electrons. The van der Waals surface area contributed by atoms with E-state index in [-0.39, 0.29) is 5.91 Å². The Bertz CT molecular complexity index is 802. The minimum Gasteiger partial charge on any atom is -0.318 e. The fourth-order valence-electron chi connectivity index (χ4n) is 2.54. The van der Waals surface area contributed by atoms with Gasteiger partial charge >= 0.3 is 0 Å². The normalized spacial score (nSPS) is 14.6. The molecule has 118 valence electrons. The van der Waals surface area contributed by atoms with Crippen LogP contribution >= 0.6 is 11.3 Å². The van der Waals surface area contributed by atoms with Gasteiger partial charge in [-0.05, 0) is 18.8 Å². The maximum atomic E-state index is 12.3. The summed E-state index contributed by atoms with van der Waals surface area (Å²) in [5.74, 6) is 0.508. The van der Waals surface area contributed by atoms with Crippen molar-refractivity contribution in [1.29, 1.82) is 0 Å². The molecule has 0 unspecified atom stereocenters. The van der Waals surface area contributed by atoms with E-state index in [1.165, 1.54) is 30.6 Å². The molecule has 1 saturated carbocycles. The van der Waals surface area contributed by atoms with Crippen molar-refractivity contribution in [1.82, 2.24) is 25.0 Å². The molecule has 0 bridgehead atoms. The van der Waals surface area contributed by atoms with Crippen molar-refractivity contribution in [3.05, 3.63) is 35.9 Å². The van der Waals surface area contributed by atoms with Gasteiger partial charge in [-0.15, -0.1) is 11.3 Å². The standard InChI is InChI=1S/C15H16N6OS/c22-14(13-9-23-15(20-13)11-4-16-17-5-11)19-12-6-18-21(8-12)7-10-2-1-3-10/h4-6,8-10H,1-3,7H2,(H,16,17)(H,19,22). The molecule has 1 aliphatic carbocycles. The molecule has 0 spiro atoms. The fraction of sp³-hybridized carbons (Fsp3) is 0.333. The van der Waals surface area contributed by atoms with Gasteiger partial charge in [-0.3, -0.25) is 14.6 Å². The largest absolute Gasteiger partial charge is 0.318 e. The van der Waals surface area contributed by atoms with Gasteiger partial charge in [0.2, 0.25) is 0 Å². The zero-order valence-electron chi connectivity index (χ0n) is 12.4. The Kier molecular flexibility index (Phi) is 3.66. The molecule has 0 atom stereocenters. The van der Waals surface area contributed by atoms with Gasteiger partial charge in [-0.25, -0.2) is 4.98 Å². The van der Waals surface area contributed by atoms with Crippen molar-refractivity contribution < 1.29 is 4.79 Å². The van der Waals surface area contributed by atoms with E-state index in [2.05, 4.69) is 25.6 Å². The monoisotopic (exact) mass is 328 g/mol. The number of hydrogen-bond donors (Lipinski definition) is 2. The maximum Gasteiger partial charge on any atom is 0.275 e. The Morgan fingerprint density at radius 2 is 2.35 bits per heavy atom. The second kappa shape index (κ2) is 5.96. The van der Waals surface area contributed by atoms with Crippen molar-refractivity contribution in [3.8, 4) is 10.6 Å². The molecule has 0 aromatic carbocycles. The third kappa shape index (κ3) is 3.02. The number of aromatic amines is 1. The van der Waals surface area contributed by atoms with E-state index in [1.54, 1.807) is 24.0 Å². The van der Waals surface area contributed by atoms with E-state index in [9.17, 15) is 4.79 Å². The average molecular weight is 328 g/mol. The lowest BCUT2D eigenvalue weighted by Crippen LogP contribution is -2.18. The molecule has 23 heavy (non-hydrogen) atoms. The summed E-state index contributed by atoms with van der Waals surface area (Å²) in [6.45, 7) is 0.928. The van der Waals surface area contributed by atoms with Gasteiger partial charge in [0.15, 0.2) is 0 Å². The third-order valence-corrected chi connectivity index (χ3v) is 4.93. The molecule has 1 aliphatic rings. The number of carbonyl (C=O) groups excluding carboxylic acids is 1. The summed E-state index contributed by atoms with van der Waals surface area (Å²) in [6, 6.07) is 0. The average Bonchev–Trinajstić information content (AvgIpc) is 3.23. The molecular weight excluding hydrogens is 312 g/mol. The number of carbonyl (C=O) groups is 1. The summed E-state index contributed by atoms with van der Waals surface area (Å²) < 4.78 is 1.90. The first-order valence-electron chi connectivity index (χ1n) is 7.56. The predicted octanol–water partition coefficient (Wildman–Crippen LogP) is 2.78. The molecule has 3 aromatic heterocycles. The number of nitrogens with one attached hydrogen (secondary N) is 2. The van der Waals surface area contributed by atoms with Gasteiger partial charge < -0.3 is 5.32 Å². The highest BCUT2D eigenvalue weighted by molar-refractivity contribution is 7.13. The zero-order valence-corrected chi connectivity index (χ0v) is 13.2. The van der Waals surface area contributed by atoms with Crippen LogP contribution in [-0.4, -0.2) is 30.9 Å². The second-order valence-corrected chi connectivity index (χ2v) is 6.59. The summed E-state index contributed by atoms with van der Waals surface area (Å²) in [4.78, 5) is 16.6. The van der Waals surface area contributed by atoms with Gasteiger partial charge in [-0.2, -0.15) is 10.2 Å². The summed E-state index contributed by atoms with van der Waals surface area (Å²) >= 11 is 1.42. The van der Waals surface area contributed by atoms with Crippen molar-refractivity contribution in [3.63, 3.8) is 0 Å². The van der Waals surface area contributed by atoms with E-state index >= 15 is 0 Å². The van der Waals surface area contributed by atoms with Gasteiger partial charge in [0, 0.05) is 29.9 Å². The lowest BCUT2D eigenvalue weighted by Gasteiger charge is -2.24. The third-order valence-electron chi connectivity index (χ3n) is 4.04. The van der Waals surface area contributed by atoms with Gasteiger partial charge in [0.05, 0.1) is 18.1 Å². The quantitative estimate of drug-likeness (QED) is 0.754. The Morgan fingerprint density at radius 3 is 3.09 bits per heavy atom. The molecule has 3 heterocycles. The van der Waals surface area contributed by atoms with Crippen molar-refractivity contribution in [2.24, 2.45) is 5.92 Å². The van der Waals surface area contributed by atoms with Crippen LogP contribution in [0.3, 0.4) is 0 Å². The molecule has 1 fully saturated rings. The first-order valence-corrected chi connectivity index (χ1v) is 8.44. The number of aromatic nitrogens is 5. The highest BCUT2D eigenvalue weighted by Crippen LogP contribution is 2.28. The van der Waals surface area contributed by atoms with Crippen LogP contribution in [0.15, 0.2) is 30.2 Å². The summed E-state index contributed by atoms with van der Waals surface area (Å²) in [7, 11) is 0. The summed E-state index contributed by atoms with van der Waals surface area (Å²) in [5.41, 5.74) is 1.98. The molecule has 3 aromatic rings. The predicted molar refractivity (Wildman–Crippen MR) is 87.2 cm³/mol. The number of amides is 1. The maximum absolute atomic E-state index is 12.3. The van der Waals surface area contributed by atoms with Crippen LogP contribution in [0.1, 0.15) is 29.8 Å². The van der Waals surface area contributed by atoms with Crippen LogP contribution in [-0.2, 0) is 6.54 Å².